The van der Waals surface area contributed by atoms with Crippen LogP contribution in [0, 0.1) is 0 Å². The van der Waals surface area contributed by atoms with E-state index in [1.54, 1.807) is 19.2 Å². The summed E-state index contributed by atoms with van der Waals surface area (Å²) >= 11 is 3.55. The molecular weight excluding hydrogens is 422 g/mol. The van der Waals surface area contributed by atoms with Crippen LogP contribution in [0.1, 0.15) is 21.5 Å². The molecule has 0 amide bonds. The second-order valence-corrected chi connectivity index (χ2v) is 6.97. The van der Waals surface area contributed by atoms with Crippen LogP contribution < -0.4 is 14.8 Å². The molecule has 3 aromatic rings. The molecule has 6 heteroatoms. The minimum Gasteiger partial charge on any atom is -0.495 e. The third-order valence-corrected chi connectivity index (χ3v) is 4.78. The van der Waals surface area contributed by atoms with Gasteiger partial charge in [-0.2, -0.15) is 0 Å². The first-order valence-electron chi connectivity index (χ1n) is 8.67. The number of aromatic carboxylic acids is 1. The number of hydrogen-bond donors (Lipinski definition) is 2. The summed E-state index contributed by atoms with van der Waals surface area (Å²) in [5, 5.41) is 12.4. The number of halogens is 1. The van der Waals surface area contributed by atoms with E-state index in [2.05, 4.69) is 21.2 Å². The van der Waals surface area contributed by atoms with Crippen molar-refractivity contribution in [1.29, 1.82) is 0 Å². The highest BCUT2D eigenvalue weighted by Crippen LogP contribution is 2.29. The fourth-order valence-corrected chi connectivity index (χ4v) is 3.22. The summed E-state index contributed by atoms with van der Waals surface area (Å²) < 4.78 is 12.0. The lowest BCUT2D eigenvalue weighted by atomic mass is 10.1. The van der Waals surface area contributed by atoms with Crippen molar-refractivity contribution in [2.75, 3.05) is 12.4 Å². The minimum atomic E-state index is -0.978. The zero-order valence-corrected chi connectivity index (χ0v) is 16.9. The Balaban J connectivity index is 1.66. The molecule has 0 aliphatic heterocycles. The second-order valence-electron chi connectivity index (χ2n) is 6.11. The predicted octanol–water partition coefficient (Wildman–Crippen LogP) is 5.35. The smallest absolute Gasteiger partial charge is 0.335 e. The van der Waals surface area contributed by atoms with Crippen LogP contribution in [0.25, 0.3) is 0 Å². The largest absolute Gasteiger partial charge is 0.495 e. The number of anilines is 1. The molecule has 0 saturated heterocycles. The SMILES string of the molecule is COc1ccc(C(=O)O)cc1NCc1ccc(OCc2ccccc2)c(Br)c1. The van der Waals surface area contributed by atoms with E-state index in [0.717, 1.165) is 21.3 Å². The lowest BCUT2D eigenvalue weighted by molar-refractivity contribution is 0.0697. The number of nitrogens with one attached hydrogen (secondary N) is 1. The number of ether oxygens (including phenoxy) is 2. The molecule has 0 heterocycles. The van der Waals surface area contributed by atoms with E-state index in [1.165, 1.54) is 6.07 Å². The maximum Gasteiger partial charge on any atom is 0.335 e. The summed E-state index contributed by atoms with van der Waals surface area (Å²) in [5.74, 6) is 0.373. The predicted molar refractivity (Wildman–Crippen MR) is 112 cm³/mol. The standard InChI is InChI=1S/C22H20BrNO4/c1-27-21-10-8-17(22(25)26)12-19(21)24-13-16-7-9-20(18(23)11-16)28-14-15-5-3-2-4-6-15/h2-12,24H,13-14H2,1H3,(H,25,26). The van der Waals surface area contributed by atoms with Crippen LogP contribution in [-0.2, 0) is 13.2 Å². The maximum absolute atomic E-state index is 11.2. The van der Waals surface area contributed by atoms with Crippen LogP contribution in [0.3, 0.4) is 0 Å². The number of rotatable bonds is 8. The molecule has 5 nitrogen and oxygen atoms in total. The molecule has 3 aromatic carbocycles. The van der Waals surface area contributed by atoms with Gasteiger partial charge in [-0.1, -0.05) is 36.4 Å². The van der Waals surface area contributed by atoms with E-state index < -0.39 is 5.97 Å². The monoisotopic (exact) mass is 441 g/mol. The molecule has 0 bridgehead atoms. The minimum absolute atomic E-state index is 0.203. The summed E-state index contributed by atoms with van der Waals surface area (Å²) in [6, 6.07) is 20.5. The molecule has 28 heavy (non-hydrogen) atoms. The summed E-state index contributed by atoms with van der Waals surface area (Å²) in [5.41, 5.74) is 2.95. The number of hydrogen-bond acceptors (Lipinski definition) is 4. The fraction of sp³-hybridized carbons (Fsp3) is 0.136. The zero-order valence-electron chi connectivity index (χ0n) is 15.3. The van der Waals surface area contributed by atoms with Crippen LogP contribution in [0.4, 0.5) is 5.69 Å². The van der Waals surface area contributed by atoms with Gasteiger partial charge >= 0.3 is 5.97 Å². The number of carboxylic acid groups (broad SMARTS) is 1. The van der Waals surface area contributed by atoms with Crippen molar-refractivity contribution in [3.05, 3.63) is 87.9 Å². The molecular formula is C22H20BrNO4. The van der Waals surface area contributed by atoms with Crippen molar-refractivity contribution < 1.29 is 19.4 Å². The Morgan fingerprint density at radius 3 is 2.43 bits per heavy atom. The molecule has 0 atom stereocenters. The van der Waals surface area contributed by atoms with Gasteiger partial charge in [-0.3, -0.25) is 0 Å². The Morgan fingerprint density at radius 2 is 1.75 bits per heavy atom. The van der Waals surface area contributed by atoms with Gasteiger partial charge in [0.05, 0.1) is 22.8 Å². The Labute approximate surface area is 172 Å². The molecule has 0 fully saturated rings. The number of carbonyl (C=O) groups is 1. The van der Waals surface area contributed by atoms with E-state index in [0.29, 0.717) is 24.6 Å². The molecule has 3 rings (SSSR count). The van der Waals surface area contributed by atoms with Gasteiger partial charge in [0, 0.05) is 6.54 Å². The highest BCUT2D eigenvalue weighted by atomic mass is 79.9. The van der Waals surface area contributed by atoms with E-state index in [4.69, 9.17) is 14.6 Å². The van der Waals surface area contributed by atoms with Crippen molar-refractivity contribution >= 4 is 27.6 Å². The van der Waals surface area contributed by atoms with Crippen LogP contribution in [0.5, 0.6) is 11.5 Å². The van der Waals surface area contributed by atoms with E-state index in [1.807, 2.05) is 48.5 Å². The molecule has 0 unspecified atom stereocenters. The first-order valence-corrected chi connectivity index (χ1v) is 9.46. The highest BCUT2D eigenvalue weighted by molar-refractivity contribution is 9.10. The molecule has 0 spiro atoms. The fourth-order valence-electron chi connectivity index (χ4n) is 2.68. The van der Waals surface area contributed by atoms with Gasteiger partial charge in [-0.05, 0) is 57.4 Å². The van der Waals surface area contributed by atoms with Gasteiger partial charge in [0.15, 0.2) is 0 Å². The van der Waals surface area contributed by atoms with Crippen LogP contribution in [0.2, 0.25) is 0 Å². The van der Waals surface area contributed by atoms with Crippen LogP contribution >= 0.6 is 15.9 Å². The Morgan fingerprint density at radius 1 is 1.00 bits per heavy atom. The van der Waals surface area contributed by atoms with Gasteiger partial charge < -0.3 is 19.9 Å². The van der Waals surface area contributed by atoms with Crippen molar-refractivity contribution in [3.8, 4) is 11.5 Å². The van der Waals surface area contributed by atoms with Crippen LogP contribution in [0.15, 0.2) is 71.2 Å². The third kappa shape index (κ3) is 5.04. The Bertz CT molecular complexity index is 960. The second kappa shape index (κ2) is 9.28. The van der Waals surface area contributed by atoms with E-state index in [-0.39, 0.29) is 5.56 Å². The number of methoxy groups -OCH3 is 1. The summed E-state index contributed by atoms with van der Waals surface area (Å²) in [4.78, 5) is 11.2. The van der Waals surface area contributed by atoms with Gasteiger partial charge in [-0.25, -0.2) is 4.79 Å². The number of carboxylic acids is 1. The zero-order chi connectivity index (χ0) is 19.9. The third-order valence-electron chi connectivity index (χ3n) is 4.16. The maximum atomic E-state index is 11.2. The average molecular weight is 442 g/mol. The Hall–Kier alpha value is -2.99. The molecule has 0 aliphatic rings. The normalized spacial score (nSPS) is 10.4. The molecule has 0 aromatic heterocycles. The van der Waals surface area contributed by atoms with Gasteiger partial charge in [0.25, 0.3) is 0 Å². The summed E-state index contributed by atoms with van der Waals surface area (Å²) in [7, 11) is 1.55. The van der Waals surface area contributed by atoms with Gasteiger partial charge in [0.2, 0.25) is 0 Å². The molecule has 144 valence electrons. The van der Waals surface area contributed by atoms with Crippen LogP contribution in [-0.4, -0.2) is 18.2 Å². The Kier molecular flexibility index (Phi) is 6.55. The highest BCUT2D eigenvalue weighted by Gasteiger charge is 2.10. The van der Waals surface area contributed by atoms with Crippen molar-refractivity contribution in [2.45, 2.75) is 13.2 Å². The quantitative estimate of drug-likeness (QED) is 0.493. The van der Waals surface area contributed by atoms with Crippen molar-refractivity contribution in [1.82, 2.24) is 0 Å². The van der Waals surface area contributed by atoms with E-state index >= 15 is 0 Å². The first-order chi connectivity index (χ1) is 13.6. The lowest BCUT2D eigenvalue weighted by Crippen LogP contribution is -2.04. The summed E-state index contributed by atoms with van der Waals surface area (Å²) in [6.45, 7) is 1.01. The molecule has 0 saturated carbocycles. The molecule has 0 radical (unpaired) electrons. The average Bonchev–Trinajstić information content (AvgIpc) is 2.72. The topological polar surface area (TPSA) is 67.8 Å². The van der Waals surface area contributed by atoms with Crippen molar-refractivity contribution in [2.24, 2.45) is 0 Å². The number of benzene rings is 3. The summed E-state index contributed by atoms with van der Waals surface area (Å²) in [6.07, 6.45) is 0. The lowest BCUT2D eigenvalue weighted by Gasteiger charge is -2.13. The first kappa shape index (κ1) is 19.8. The van der Waals surface area contributed by atoms with E-state index in [9.17, 15) is 4.79 Å². The van der Waals surface area contributed by atoms with Gasteiger partial charge in [-0.15, -0.1) is 0 Å². The molecule has 0 aliphatic carbocycles. The van der Waals surface area contributed by atoms with Gasteiger partial charge in [0.1, 0.15) is 18.1 Å². The van der Waals surface area contributed by atoms with Crippen molar-refractivity contribution in [3.63, 3.8) is 0 Å². The molecule has 2 N–H and O–H groups in total.